The predicted molar refractivity (Wildman–Crippen MR) is 163 cm³/mol. The Morgan fingerprint density at radius 2 is 2.05 bits per heavy atom. The highest BCUT2D eigenvalue weighted by atomic mass is 35.5. The first kappa shape index (κ1) is 28.7. The van der Waals surface area contributed by atoms with Gasteiger partial charge in [-0.05, 0) is 56.8 Å². The van der Waals surface area contributed by atoms with E-state index in [1.54, 1.807) is 7.11 Å². The number of rotatable bonds is 9. The van der Waals surface area contributed by atoms with Crippen LogP contribution in [0.5, 0.6) is 5.75 Å². The number of hydrogen-bond donors (Lipinski definition) is 2. The van der Waals surface area contributed by atoms with Gasteiger partial charge in [0, 0.05) is 42.7 Å². The van der Waals surface area contributed by atoms with Crippen molar-refractivity contribution in [3.05, 3.63) is 71.5 Å². The molecule has 1 unspecified atom stereocenters. The molecule has 1 amide bonds. The number of amides is 1. The number of ether oxygens (including phenoxy) is 1. The smallest absolute Gasteiger partial charge is 0.247 e. The second-order valence-corrected chi connectivity index (χ2v) is 10.8. The van der Waals surface area contributed by atoms with Gasteiger partial charge in [-0.1, -0.05) is 30.3 Å². The standard InChI is InChI=1S/C30H36ClN7O3/c1-6-30(39)35-23-14-24(27(40-5)15-26(23)37-12-10-20(17-37)36(3)4)34-28-16-29(33-18-32-28)38-25(11-13-41-38)21-8-7-9-22(31)19(21)2/h6-9,14-16,18,20,25H,1,10-13,17H2,2-5H3,(H,35,39)(H,32,33,34)/t20?,25-/m1/s1. The van der Waals surface area contributed by atoms with Gasteiger partial charge < -0.3 is 25.2 Å². The van der Waals surface area contributed by atoms with Crippen molar-refractivity contribution in [1.29, 1.82) is 0 Å². The van der Waals surface area contributed by atoms with Gasteiger partial charge in [-0.2, -0.15) is 0 Å². The number of aromatic nitrogens is 2. The molecule has 2 aliphatic rings. The number of hydroxylamine groups is 1. The van der Waals surface area contributed by atoms with Gasteiger partial charge >= 0.3 is 0 Å². The van der Waals surface area contributed by atoms with E-state index in [1.807, 2.05) is 42.3 Å². The van der Waals surface area contributed by atoms with Gasteiger partial charge in [-0.25, -0.2) is 15.0 Å². The molecule has 2 N–H and O–H groups in total. The molecule has 1 aromatic heterocycles. The van der Waals surface area contributed by atoms with Crippen LogP contribution in [0.3, 0.4) is 0 Å². The maximum atomic E-state index is 12.4. The average Bonchev–Trinajstić information content (AvgIpc) is 3.66. The number of hydrogen-bond acceptors (Lipinski definition) is 9. The summed E-state index contributed by atoms with van der Waals surface area (Å²) in [5, 5.41) is 8.86. The molecule has 2 fully saturated rings. The molecule has 0 aliphatic carbocycles. The fraction of sp³-hybridized carbons (Fsp3) is 0.367. The summed E-state index contributed by atoms with van der Waals surface area (Å²) in [5.74, 6) is 1.50. The third-order valence-electron chi connectivity index (χ3n) is 7.71. The summed E-state index contributed by atoms with van der Waals surface area (Å²) < 4.78 is 5.78. The summed E-state index contributed by atoms with van der Waals surface area (Å²) in [6, 6.07) is 12.0. The number of nitrogens with zero attached hydrogens (tertiary/aromatic N) is 5. The largest absolute Gasteiger partial charge is 0.494 e. The molecular weight excluding hydrogens is 542 g/mol. The van der Waals surface area contributed by atoms with Crippen molar-refractivity contribution in [1.82, 2.24) is 14.9 Å². The van der Waals surface area contributed by atoms with E-state index in [4.69, 9.17) is 21.2 Å². The number of nitrogens with one attached hydrogen (secondary N) is 2. The minimum absolute atomic E-state index is 0.0301. The van der Waals surface area contributed by atoms with Crippen LogP contribution in [0.4, 0.5) is 28.7 Å². The number of likely N-dealkylation sites (N-methyl/N-ethyl adjacent to an activating group) is 1. The highest BCUT2D eigenvalue weighted by molar-refractivity contribution is 6.31. The Hall–Kier alpha value is -3.86. The van der Waals surface area contributed by atoms with E-state index in [-0.39, 0.29) is 11.9 Å². The fourth-order valence-electron chi connectivity index (χ4n) is 5.40. The number of methoxy groups -OCH3 is 1. The first-order valence-electron chi connectivity index (χ1n) is 13.6. The van der Waals surface area contributed by atoms with Gasteiger partial charge in [-0.15, -0.1) is 0 Å². The van der Waals surface area contributed by atoms with E-state index in [0.717, 1.165) is 47.8 Å². The number of halogens is 1. The fourth-order valence-corrected chi connectivity index (χ4v) is 5.58. The normalized spacial score (nSPS) is 18.6. The lowest BCUT2D eigenvalue weighted by Gasteiger charge is -2.26. The van der Waals surface area contributed by atoms with Gasteiger partial charge in [0.15, 0.2) is 5.82 Å². The van der Waals surface area contributed by atoms with E-state index < -0.39 is 0 Å². The quantitative estimate of drug-likeness (QED) is 0.327. The van der Waals surface area contributed by atoms with Crippen molar-refractivity contribution in [2.45, 2.75) is 31.8 Å². The van der Waals surface area contributed by atoms with E-state index in [0.29, 0.717) is 41.4 Å². The zero-order valence-corrected chi connectivity index (χ0v) is 24.6. The molecular formula is C30H36ClN7O3. The molecule has 3 heterocycles. The lowest BCUT2D eigenvalue weighted by molar-refractivity contribution is -0.111. The van der Waals surface area contributed by atoms with E-state index >= 15 is 0 Å². The predicted octanol–water partition coefficient (Wildman–Crippen LogP) is 5.34. The average molecular weight is 578 g/mol. The maximum absolute atomic E-state index is 12.4. The van der Waals surface area contributed by atoms with Crippen LogP contribution in [0.15, 0.2) is 55.4 Å². The number of carbonyl (C=O) groups excluding carboxylic acids is 1. The minimum atomic E-state index is -0.288. The Bertz CT molecular complexity index is 1430. The van der Waals surface area contributed by atoms with Crippen LogP contribution in [0.25, 0.3) is 0 Å². The number of carbonyl (C=O) groups is 1. The Morgan fingerprint density at radius 3 is 2.78 bits per heavy atom. The number of benzene rings is 2. The lowest BCUT2D eigenvalue weighted by atomic mass is 9.99. The van der Waals surface area contributed by atoms with Gasteiger partial charge in [-0.3, -0.25) is 9.63 Å². The Labute approximate surface area is 245 Å². The van der Waals surface area contributed by atoms with Crippen LogP contribution >= 0.6 is 11.6 Å². The van der Waals surface area contributed by atoms with Crippen LogP contribution in [0.1, 0.15) is 30.0 Å². The number of anilines is 5. The molecule has 2 atom stereocenters. The zero-order chi connectivity index (χ0) is 29.1. The van der Waals surface area contributed by atoms with Crippen molar-refractivity contribution in [3.8, 4) is 5.75 Å². The molecule has 0 spiro atoms. The summed E-state index contributed by atoms with van der Waals surface area (Å²) in [4.78, 5) is 31.8. The molecule has 2 aliphatic heterocycles. The van der Waals surface area contributed by atoms with Crippen molar-refractivity contribution < 1.29 is 14.4 Å². The summed E-state index contributed by atoms with van der Waals surface area (Å²) in [6.07, 6.45) is 4.59. The van der Waals surface area contributed by atoms with Gasteiger partial charge in [0.2, 0.25) is 5.91 Å². The van der Waals surface area contributed by atoms with E-state index in [1.165, 1.54) is 12.4 Å². The maximum Gasteiger partial charge on any atom is 0.247 e. The summed E-state index contributed by atoms with van der Waals surface area (Å²) in [6.45, 7) is 7.91. The molecule has 2 aromatic carbocycles. The first-order valence-corrected chi connectivity index (χ1v) is 14.0. The second kappa shape index (κ2) is 12.3. The van der Waals surface area contributed by atoms with Crippen molar-refractivity contribution in [3.63, 3.8) is 0 Å². The molecule has 0 radical (unpaired) electrons. The van der Waals surface area contributed by atoms with Crippen LogP contribution in [-0.4, -0.2) is 67.7 Å². The summed E-state index contributed by atoms with van der Waals surface area (Å²) in [7, 11) is 5.80. The second-order valence-electron chi connectivity index (χ2n) is 10.4. The molecule has 10 nitrogen and oxygen atoms in total. The van der Waals surface area contributed by atoms with Gasteiger partial charge in [0.05, 0.1) is 36.8 Å². The molecule has 41 heavy (non-hydrogen) atoms. The molecule has 2 saturated heterocycles. The van der Waals surface area contributed by atoms with E-state index in [2.05, 4.69) is 57.1 Å². The SMILES string of the molecule is C=CC(=O)Nc1cc(Nc2cc(N3OCC[C@@H]3c3cccc(Cl)c3C)ncn2)c(OC)cc1N1CCC(N(C)C)C1. The topological polar surface area (TPSA) is 95.1 Å². The van der Waals surface area contributed by atoms with Crippen molar-refractivity contribution >= 4 is 46.2 Å². The van der Waals surface area contributed by atoms with Crippen molar-refractivity contribution in [2.24, 2.45) is 0 Å². The zero-order valence-electron chi connectivity index (χ0n) is 23.9. The Kier molecular flexibility index (Phi) is 8.63. The Morgan fingerprint density at radius 1 is 1.22 bits per heavy atom. The third-order valence-corrected chi connectivity index (χ3v) is 8.12. The van der Waals surface area contributed by atoms with Crippen LogP contribution in [0.2, 0.25) is 5.02 Å². The molecule has 216 valence electrons. The van der Waals surface area contributed by atoms with Crippen LogP contribution in [0, 0.1) is 6.92 Å². The van der Waals surface area contributed by atoms with Crippen LogP contribution in [-0.2, 0) is 9.63 Å². The first-order chi connectivity index (χ1) is 19.8. The Balaban J connectivity index is 1.45. The minimum Gasteiger partial charge on any atom is -0.494 e. The molecule has 0 bridgehead atoms. The summed E-state index contributed by atoms with van der Waals surface area (Å²) >= 11 is 6.41. The lowest BCUT2D eigenvalue weighted by Crippen LogP contribution is -2.31. The molecule has 0 saturated carbocycles. The van der Waals surface area contributed by atoms with Gasteiger partial charge in [0.1, 0.15) is 17.9 Å². The van der Waals surface area contributed by atoms with E-state index in [9.17, 15) is 4.79 Å². The molecule has 11 heteroatoms. The highest BCUT2D eigenvalue weighted by Gasteiger charge is 2.31. The third kappa shape index (κ3) is 6.09. The monoisotopic (exact) mass is 577 g/mol. The van der Waals surface area contributed by atoms with Gasteiger partial charge in [0.25, 0.3) is 0 Å². The summed E-state index contributed by atoms with van der Waals surface area (Å²) in [5.41, 5.74) is 4.32. The van der Waals surface area contributed by atoms with Crippen molar-refractivity contribution in [2.75, 3.05) is 61.5 Å². The highest BCUT2D eigenvalue weighted by Crippen LogP contribution is 2.41. The molecule has 5 rings (SSSR count). The van der Waals surface area contributed by atoms with Crippen LogP contribution < -0.4 is 25.3 Å². The molecule has 3 aromatic rings.